The number of amides is 1. The SMILES string of the molecule is NNC(=O)C1CCCCC1c1cc(C(O)O)on1. The van der Waals surface area contributed by atoms with Gasteiger partial charge in [0.25, 0.3) is 0 Å². The van der Waals surface area contributed by atoms with Gasteiger partial charge in [0.1, 0.15) is 0 Å². The maximum absolute atomic E-state index is 11.7. The molecule has 2 atom stereocenters. The molecule has 18 heavy (non-hydrogen) atoms. The van der Waals surface area contributed by atoms with Crippen molar-refractivity contribution in [3.8, 4) is 0 Å². The van der Waals surface area contributed by atoms with E-state index in [1.165, 1.54) is 6.07 Å². The van der Waals surface area contributed by atoms with Crippen LogP contribution in [0.5, 0.6) is 0 Å². The lowest BCUT2D eigenvalue weighted by Gasteiger charge is -2.28. The number of aromatic nitrogens is 1. The van der Waals surface area contributed by atoms with Crippen LogP contribution < -0.4 is 11.3 Å². The third-order valence-electron chi connectivity index (χ3n) is 3.43. The zero-order valence-corrected chi connectivity index (χ0v) is 9.87. The number of hydrogen-bond donors (Lipinski definition) is 4. The number of aliphatic hydroxyl groups excluding tert-OH is 1. The maximum atomic E-state index is 11.7. The minimum Gasteiger partial charge on any atom is -0.362 e. The van der Waals surface area contributed by atoms with Gasteiger partial charge in [0.2, 0.25) is 12.2 Å². The van der Waals surface area contributed by atoms with Gasteiger partial charge in [-0.2, -0.15) is 0 Å². The Hall–Kier alpha value is -1.44. The van der Waals surface area contributed by atoms with Crippen molar-refractivity contribution in [2.75, 3.05) is 0 Å². The molecule has 1 heterocycles. The van der Waals surface area contributed by atoms with Gasteiger partial charge in [-0.25, -0.2) is 5.84 Å². The van der Waals surface area contributed by atoms with Crippen molar-refractivity contribution in [3.63, 3.8) is 0 Å². The highest BCUT2D eigenvalue weighted by Crippen LogP contribution is 2.37. The molecule has 0 saturated heterocycles. The first-order valence-electron chi connectivity index (χ1n) is 5.96. The van der Waals surface area contributed by atoms with E-state index in [4.69, 9.17) is 20.6 Å². The third-order valence-corrected chi connectivity index (χ3v) is 3.43. The number of nitrogens with one attached hydrogen (secondary N) is 1. The van der Waals surface area contributed by atoms with Crippen LogP contribution in [0.15, 0.2) is 10.6 Å². The highest BCUT2D eigenvalue weighted by molar-refractivity contribution is 5.79. The summed E-state index contributed by atoms with van der Waals surface area (Å²) in [5.41, 5.74) is 2.74. The molecule has 5 N–H and O–H groups in total. The molecule has 7 heteroatoms. The van der Waals surface area contributed by atoms with Crippen molar-refractivity contribution < 1.29 is 19.5 Å². The van der Waals surface area contributed by atoms with Crippen molar-refractivity contribution >= 4 is 5.91 Å². The van der Waals surface area contributed by atoms with E-state index in [0.717, 1.165) is 25.7 Å². The van der Waals surface area contributed by atoms with Crippen LogP contribution >= 0.6 is 0 Å². The predicted molar refractivity (Wildman–Crippen MR) is 60.7 cm³/mol. The van der Waals surface area contributed by atoms with Crippen molar-refractivity contribution in [3.05, 3.63) is 17.5 Å². The molecule has 0 aliphatic heterocycles. The topological polar surface area (TPSA) is 122 Å². The molecule has 0 radical (unpaired) electrons. The summed E-state index contributed by atoms with van der Waals surface area (Å²) in [6.07, 6.45) is 1.85. The van der Waals surface area contributed by atoms with Crippen molar-refractivity contribution in [2.45, 2.75) is 37.9 Å². The monoisotopic (exact) mass is 255 g/mol. The van der Waals surface area contributed by atoms with E-state index >= 15 is 0 Å². The first-order valence-corrected chi connectivity index (χ1v) is 5.96. The minimum atomic E-state index is -1.68. The summed E-state index contributed by atoms with van der Waals surface area (Å²) >= 11 is 0. The van der Waals surface area contributed by atoms with Crippen LogP contribution in [0.4, 0.5) is 0 Å². The number of carbonyl (C=O) groups is 1. The number of aliphatic hydroxyl groups is 2. The van der Waals surface area contributed by atoms with Crippen LogP contribution in [0.25, 0.3) is 0 Å². The second-order valence-electron chi connectivity index (χ2n) is 4.53. The standard InChI is InChI=1S/C11H17N3O4/c12-13-10(15)7-4-2-1-3-6(7)8-5-9(11(16)17)18-14-8/h5-7,11,16-17H,1-4,12H2,(H,13,15). The molecular weight excluding hydrogens is 238 g/mol. The van der Waals surface area contributed by atoms with E-state index in [0.29, 0.717) is 5.69 Å². The van der Waals surface area contributed by atoms with Gasteiger partial charge in [0.15, 0.2) is 5.76 Å². The predicted octanol–water partition coefficient (Wildman–Crippen LogP) is -0.0785. The van der Waals surface area contributed by atoms with E-state index in [2.05, 4.69) is 10.6 Å². The Labute approximate surface area is 104 Å². The summed E-state index contributed by atoms with van der Waals surface area (Å²) < 4.78 is 4.83. The lowest BCUT2D eigenvalue weighted by atomic mass is 9.77. The van der Waals surface area contributed by atoms with Gasteiger partial charge >= 0.3 is 0 Å². The molecule has 2 unspecified atom stereocenters. The smallest absolute Gasteiger partial charge is 0.237 e. The fourth-order valence-corrected chi connectivity index (χ4v) is 2.51. The van der Waals surface area contributed by atoms with Crippen molar-refractivity contribution in [1.29, 1.82) is 0 Å². The molecule has 1 aliphatic carbocycles. The second kappa shape index (κ2) is 5.47. The van der Waals surface area contributed by atoms with Gasteiger partial charge < -0.3 is 14.7 Å². The number of carbonyl (C=O) groups excluding carboxylic acids is 1. The molecular formula is C11H17N3O4. The van der Waals surface area contributed by atoms with E-state index in [9.17, 15) is 4.79 Å². The molecule has 0 aromatic carbocycles. The summed E-state index contributed by atoms with van der Waals surface area (Å²) in [5, 5.41) is 21.8. The minimum absolute atomic E-state index is 0.0116. The number of nitrogens with two attached hydrogens (primary N) is 1. The second-order valence-corrected chi connectivity index (χ2v) is 4.53. The van der Waals surface area contributed by atoms with Gasteiger partial charge in [0, 0.05) is 17.9 Å². The fraction of sp³-hybridized carbons (Fsp3) is 0.636. The number of nitrogens with zero attached hydrogens (tertiary/aromatic N) is 1. The van der Waals surface area contributed by atoms with E-state index in [1.807, 2.05) is 0 Å². The highest BCUT2D eigenvalue weighted by atomic mass is 16.5. The van der Waals surface area contributed by atoms with Gasteiger partial charge in [-0.05, 0) is 12.8 Å². The quantitative estimate of drug-likeness (QED) is 0.259. The Morgan fingerprint density at radius 3 is 2.83 bits per heavy atom. The van der Waals surface area contributed by atoms with Crippen LogP contribution in [-0.4, -0.2) is 21.3 Å². The van der Waals surface area contributed by atoms with Crippen molar-refractivity contribution in [1.82, 2.24) is 10.6 Å². The number of hydrogen-bond acceptors (Lipinski definition) is 6. The zero-order valence-electron chi connectivity index (χ0n) is 9.87. The molecule has 1 fully saturated rings. The lowest BCUT2D eigenvalue weighted by Crippen LogP contribution is -2.39. The summed E-state index contributed by atoms with van der Waals surface area (Å²) in [5.74, 6) is 4.62. The molecule has 1 aromatic heterocycles. The molecule has 1 aromatic rings. The van der Waals surface area contributed by atoms with Crippen LogP contribution in [0.1, 0.15) is 49.3 Å². The van der Waals surface area contributed by atoms with Gasteiger partial charge in [0.05, 0.1) is 5.69 Å². The lowest BCUT2D eigenvalue weighted by molar-refractivity contribution is -0.126. The maximum Gasteiger partial charge on any atom is 0.237 e. The van der Waals surface area contributed by atoms with E-state index in [1.54, 1.807) is 0 Å². The molecule has 1 aliphatic rings. The number of hydrazine groups is 1. The van der Waals surface area contributed by atoms with Crippen LogP contribution in [-0.2, 0) is 4.79 Å². The van der Waals surface area contributed by atoms with Crippen LogP contribution in [0, 0.1) is 5.92 Å². The summed E-state index contributed by atoms with van der Waals surface area (Å²) in [7, 11) is 0. The Balaban J connectivity index is 2.19. The first kappa shape index (κ1) is 13.0. The average molecular weight is 255 g/mol. The average Bonchev–Trinajstić information content (AvgIpc) is 2.87. The summed E-state index contributed by atoms with van der Waals surface area (Å²) in [6.45, 7) is 0. The third kappa shape index (κ3) is 2.53. The van der Waals surface area contributed by atoms with Crippen molar-refractivity contribution in [2.24, 2.45) is 11.8 Å². The molecule has 100 valence electrons. The molecule has 7 nitrogen and oxygen atoms in total. The normalized spacial score (nSPS) is 24.2. The summed E-state index contributed by atoms with van der Waals surface area (Å²) in [6, 6.07) is 1.48. The fourth-order valence-electron chi connectivity index (χ4n) is 2.51. The van der Waals surface area contributed by atoms with Crippen LogP contribution in [0.3, 0.4) is 0 Å². The Morgan fingerprint density at radius 2 is 2.22 bits per heavy atom. The Kier molecular flexibility index (Phi) is 3.95. The molecule has 1 saturated carbocycles. The van der Waals surface area contributed by atoms with Gasteiger partial charge in [-0.15, -0.1) is 0 Å². The Bertz CT molecular complexity index is 418. The molecule has 0 spiro atoms. The van der Waals surface area contributed by atoms with E-state index < -0.39 is 6.29 Å². The first-order chi connectivity index (χ1) is 8.63. The van der Waals surface area contributed by atoms with Crippen LogP contribution in [0.2, 0.25) is 0 Å². The number of rotatable bonds is 3. The van der Waals surface area contributed by atoms with Gasteiger partial charge in [-0.1, -0.05) is 18.0 Å². The largest absolute Gasteiger partial charge is 0.362 e. The Morgan fingerprint density at radius 1 is 1.50 bits per heavy atom. The molecule has 1 amide bonds. The zero-order chi connectivity index (χ0) is 13.1. The molecule has 2 rings (SSSR count). The highest BCUT2D eigenvalue weighted by Gasteiger charge is 2.34. The van der Waals surface area contributed by atoms with Gasteiger partial charge in [-0.3, -0.25) is 10.2 Å². The molecule has 0 bridgehead atoms. The summed E-state index contributed by atoms with van der Waals surface area (Å²) in [4.78, 5) is 11.7. The van der Waals surface area contributed by atoms with E-state index in [-0.39, 0.29) is 23.5 Å².